The van der Waals surface area contributed by atoms with E-state index in [1.165, 1.54) is 11.3 Å². The van der Waals surface area contributed by atoms with Crippen molar-refractivity contribution in [2.75, 3.05) is 7.05 Å². The van der Waals surface area contributed by atoms with E-state index in [4.69, 9.17) is 0 Å². The summed E-state index contributed by atoms with van der Waals surface area (Å²) in [5, 5.41) is 3.38. The van der Waals surface area contributed by atoms with Gasteiger partial charge in [-0.3, -0.25) is 14.5 Å². The number of nitrogens with one attached hydrogen (secondary N) is 1. The number of hydrogen-bond donors (Lipinski definition) is 1. The van der Waals surface area contributed by atoms with Gasteiger partial charge in [0.25, 0.3) is 0 Å². The molecule has 1 saturated heterocycles. The molecule has 1 heterocycles. The molecule has 2 fully saturated rings. The Morgan fingerprint density at radius 3 is 2.18 bits per heavy atom. The smallest absolute Gasteiger partial charge is 0.246 e. The Kier molecular flexibility index (Phi) is 3.52. The maximum Gasteiger partial charge on any atom is 0.246 e. The van der Waals surface area contributed by atoms with Gasteiger partial charge >= 0.3 is 0 Å². The summed E-state index contributed by atoms with van der Waals surface area (Å²) in [5.41, 5.74) is 0. The minimum absolute atomic E-state index is 0.0654. The third-order valence-corrected chi connectivity index (χ3v) is 4.00. The lowest BCUT2D eigenvalue weighted by Gasteiger charge is -2.33. The van der Waals surface area contributed by atoms with Gasteiger partial charge in [0.1, 0.15) is 0 Å². The van der Waals surface area contributed by atoms with E-state index in [0.717, 1.165) is 12.8 Å². The number of amides is 2. The Hall–Kier alpha value is -0.900. The molecule has 0 bridgehead atoms. The first-order valence-electron chi connectivity index (χ1n) is 6.53. The molecule has 1 saturated carbocycles. The topological polar surface area (TPSA) is 49.4 Å². The van der Waals surface area contributed by atoms with Crippen LogP contribution in [0.1, 0.15) is 39.5 Å². The van der Waals surface area contributed by atoms with Gasteiger partial charge in [0, 0.05) is 13.1 Å². The SMILES string of the molecule is CC1CC(C)CC(NC2CC(=O)N(C)C2=O)C1. The van der Waals surface area contributed by atoms with E-state index >= 15 is 0 Å². The summed E-state index contributed by atoms with van der Waals surface area (Å²) >= 11 is 0. The lowest BCUT2D eigenvalue weighted by atomic mass is 9.80. The molecule has 1 aliphatic carbocycles. The molecule has 4 nitrogen and oxygen atoms in total. The summed E-state index contributed by atoms with van der Waals surface area (Å²) in [4.78, 5) is 24.5. The molecule has 2 aliphatic rings. The molecular weight excluding hydrogens is 216 g/mol. The predicted molar refractivity (Wildman–Crippen MR) is 65.3 cm³/mol. The number of likely N-dealkylation sites (N-methyl/N-ethyl adjacent to an activating group) is 1. The van der Waals surface area contributed by atoms with E-state index in [2.05, 4.69) is 19.2 Å². The average molecular weight is 238 g/mol. The largest absolute Gasteiger partial charge is 0.303 e. The Balaban J connectivity index is 1.93. The Labute approximate surface area is 103 Å². The molecule has 0 spiro atoms. The maximum atomic E-state index is 11.8. The first-order chi connectivity index (χ1) is 7.97. The normalized spacial score (nSPS) is 38.9. The van der Waals surface area contributed by atoms with Crippen molar-refractivity contribution >= 4 is 11.8 Å². The average Bonchev–Trinajstić information content (AvgIpc) is 2.45. The molecule has 3 unspecified atom stereocenters. The van der Waals surface area contributed by atoms with E-state index in [1.54, 1.807) is 7.05 Å². The van der Waals surface area contributed by atoms with Crippen LogP contribution in [0.15, 0.2) is 0 Å². The lowest BCUT2D eigenvalue weighted by Crippen LogP contribution is -2.45. The van der Waals surface area contributed by atoms with Gasteiger partial charge in [0.2, 0.25) is 11.8 Å². The molecule has 17 heavy (non-hydrogen) atoms. The number of nitrogens with zero attached hydrogens (tertiary/aromatic N) is 1. The number of hydrogen-bond acceptors (Lipinski definition) is 3. The van der Waals surface area contributed by atoms with Gasteiger partial charge in [-0.2, -0.15) is 0 Å². The van der Waals surface area contributed by atoms with Gasteiger partial charge in [-0.1, -0.05) is 13.8 Å². The molecule has 3 atom stereocenters. The van der Waals surface area contributed by atoms with Crippen molar-refractivity contribution in [1.82, 2.24) is 10.2 Å². The molecule has 96 valence electrons. The monoisotopic (exact) mass is 238 g/mol. The maximum absolute atomic E-state index is 11.8. The van der Waals surface area contributed by atoms with Gasteiger partial charge in [-0.05, 0) is 31.1 Å². The summed E-state index contributed by atoms with van der Waals surface area (Å²) in [6, 6.07) is 0.108. The second-order valence-corrected chi connectivity index (χ2v) is 5.83. The highest BCUT2D eigenvalue weighted by atomic mass is 16.2. The quantitative estimate of drug-likeness (QED) is 0.734. The van der Waals surface area contributed by atoms with E-state index < -0.39 is 0 Å². The minimum Gasteiger partial charge on any atom is -0.303 e. The number of likely N-dealkylation sites (tertiary alicyclic amines) is 1. The van der Waals surface area contributed by atoms with Crippen molar-refractivity contribution in [3.63, 3.8) is 0 Å². The second kappa shape index (κ2) is 4.77. The number of rotatable bonds is 2. The van der Waals surface area contributed by atoms with Crippen molar-refractivity contribution in [2.45, 2.75) is 51.6 Å². The number of carbonyl (C=O) groups is 2. The first-order valence-corrected chi connectivity index (χ1v) is 6.53. The fraction of sp³-hybridized carbons (Fsp3) is 0.846. The van der Waals surface area contributed by atoms with Crippen molar-refractivity contribution in [3.8, 4) is 0 Å². The van der Waals surface area contributed by atoms with E-state index in [1.807, 2.05) is 0 Å². The standard InChI is InChI=1S/C13H22N2O2/c1-8-4-9(2)6-10(5-8)14-11-7-12(16)15(3)13(11)17/h8-11,14H,4-7H2,1-3H3. The summed E-state index contributed by atoms with van der Waals surface area (Å²) in [6.45, 7) is 4.52. The van der Waals surface area contributed by atoms with Crippen molar-refractivity contribution in [1.29, 1.82) is 0 Å². The molecule has 0 radical (unpaired) electrons. The number of imide groups is 1. The van der Waals surface area contributed by atoms with Gasteiger partial charge < -0.3 is 5.32 Å². The zero-order valence-corrected chi connectivity index (χ0v) is 10.9. The van der Waals surface area contributed by atoms with Crippen LogP contribution < -0.4 is 5.32 Å². The van der Waals surface area contributed by atoms with Crippen LogP contribution in [0.4, 0.5) is 0 Å². The van der Waals surface area contributed by atoms with E-state index in [9.17, 15) is 9.59 Å². The summed E-state index contributed by atoms with van der Waals surface area (Å²) in [5.74, 6) is 1.28. The van der Waals surface area contributed by atoms with Crippen molar-refractivity contribution < 1.29 is 9.59 Å². The summed E-state index contributed by atoms with van der Waals surface area (Å²) in [6.07, 6.45) is 3.84. The molecule has 4 heteroatoms. The third-order valence-electron chi connectivity index (χ3n) is 4.00. The van der Waals surface area contributed by atoms with Crippen LogP contribution in [0.2, 0.25) is 0 Å². The van der Waals surface area contributed by atoms with Crippen LogP contribution >= 0.6 is 0 Å². The van der Waals surface area contributed by atoms with Crippen LogP contribution in [0, 0.1) is 11.8 Å². The molecular formula is C13H22N2O2. The summed E-state index contributed by atoms with van der Waals surface area (Å²) in [7, 11) is 1.57. The van der Waals surface area contributed by atoms with Gasteiger partial charge in [0.15, 0.2) is 0 Å². The Bertz CT molecular complexity index is 319. The van der Waals surface area contributed by atoms with Gasteiger partial charge in [-0.15, -0.1) is 0 Å². The van der Waals surface area contributed by atoms with Crippen LogP contribution in [0.3, 0.4) is 0 Å². The van der Waals surface area contributed by atoms with Crippen LogP contribution in [0.25, 0.3) is 0 Å². The van der Waals surface area contributed by atoms with Crippen molar-refractivity contribution in [2.24, 2.45) is 11.8 Å². The fourth-order valence-electron chi connectivity index (χ4n) is 3.25. The highest BCUT2D eigenvalue weighted by Crippen LogP contribution is 2.29. The third kappa shape index (κ3) is 2.68. The molecule has 0 aromatic heterocycles. The highest BCUT2D eigenvalue weighted by molar-refractivity contribution is 6.05. The Morgan fingerprint density at radius 1 is 1.12 bits per heavy atom. The summed E-state index contributed by atoms with van der Waals surface area (Å²) < 4.78 is 0. The Morgan fingerprint density at radius 2 is 1.71 bits per heavy atom. The first kappa shape index (κ1) is 12.6. The van der Waals surface area contributed by atoms with Gasteiger partial charge in [-0.25, -0.2) is 0 Å². The number of carbonyl (C=O) groups excluding carboxylic acids is 2. The van der Waals surface area contributed by atoms with Crippen molar-refractivity contribution in [3.05, 3.63) is 0 Å². The lowest BCUT2D eigenvalue weighted by molar-refractivity contribution is -0.137. The van der Waals surface area contributed by atoms with Crippen LogP contribution in [-0.4, -0.2) is 35.8 Å². The fourth-order valence-corrected chi connectivity index (χ4v) is 3.25. The molecule has 0 aromatic rings. The zero-order valence-electron chi connectivity index (χ0n) is 10.9. The molecule has 1 aliphatic heterocycles. The molecule has 2 amide bonds. The predicted octanol–water partition coefficient (Wildman–Crippen LogP) is 1.16. The highest BCUT2D eigenvalue weighted by Gasteiger charge is 2.38. The van der Waals surface area contributed by atoms with Crippen LogP contribution in [-0.2, 0) is 9.59 Å². The minimum atomic E-state index is -0.282. The second-order valence-electron chi connectivity index (χ2n) is 5.83. The zero-order chi connectivity index (χ0) is 12.6. The van der Waals surface area contributed by atoms with Crippen LogP contribution in [0.5, 0.6) is 0 Å². The molecule has 1 N–H and O–H groups in total. The molecule has 2 rings (SSSR count). The van der Waals surface area contributed by atoms with Gasteiger partial charge in [0.05, 0.1) is 12.5 Å². The van der Waals surface area contributed by atoms with E-state index in [0.29, 0.717) is 24.3 Å². The molecule has 0 aromatic carbocycles. The van der Waals surface area contributed by atoms with E-state index in [-0.39, 0.29) is 17.9 Å².